The highest BCUT2D eigenvalue weighted by molar-refractivity contribution is 9.10. The second-order valence-electron chi connectivity index (χ2n) is 5.65. The van der Waals surface area contributed by atoms with Gasteiger partial charge in [-0.25, -0.2) is 0 Å². The number of halogens is 1. The van der Waals surface area contributed by atoms with E-state index >= 15 is 0 Å². The van der Waals surface area contributed by atoms with Crippen molar-refractivity contribution >= 4 is 38.4 Å². The standard InChI is InChI=1S/C16H18BrN3O2/c17-11-8-10(14(18)15-9(11)4-3-7-19-15)16(22)20-12-5-1-2-6-13(12)21/h3-4,7-8,12-13,21H,1-2,5-6,18H2,(H,20,22). The molecular weight excluding hydrogens is 346 g/mol. The minimum atomic E-state index is -0.485. The molecule has 2 aromatic rings. The van der Waals surface area contributed by atoms with Gasteiger partial charge in [0.05, 0.1) is 28.9 Å². The van der Waals surface area contributed by atoms with Gasteiger partial charge in [-0.3, -0.25) is 9.78 Å². The summed E-state index contributed by atoms with van der Waals surface area (Å²) in [5.41, 5.74) is 7.47. The first-order valence-corrected chi connectivity index (χ1v) is 8.19. The fourth-order valence-corrected chi connectivity index (χ4v) is 3.48. The molecule has 4 N–H and O–H groups in total. The van der Waals surface area contributed by atoms with Gasteiger partial charge in [0.25, 0.3) is 5.91 Å². The maximum atomic E-state index is 12.5. The number of pyridine rings is 1. The number of benzene rings is 1. The molecule has 1 saturated carbocycles. The molecule has 0 radical (unpaired) electrons. The lowest BCUT2D eigenvalue weighted by molar-refractivity contribution is 0.0718. The van der Waals surface area contributed by atoms with Crippen molar-refractivity contribution in [3.63, 3.8) is 0 Å². The summed E-state index contributed by atoms with van der Waals surface area (Å²) in [5, 5.41) is 13.8. The zero-order chi connectivity index (χ0) is 15.7. The van der Waals surface area contributed by atoms with Crippen LogP contribution < -0.4 is 11.1 Å². The molecule has 116 valence electrons. The number of carbonyl (C=O) groups is 1. The van der Waals surface area contributed by atoms with Crippen LogP contribution >= 0.6 is 15.9 Å². The van der Waals surface area contributed by atoms with Crippen molar-refractivity contribution in [2.45, 2.75) is 37.8 Å². The zero-order valence-corrected chi connectivity index (χ0v) is 13.6. The molecule has 1 aliphatic rings. The Hall–Kier alpha value is -1.66. The molecule has 1 heterocycles. The number of nitrogen functional groups attached to an aromatic ring is 1. The maximum absolute atomic E-state index is 12.5. The number of hydrogen-bond donors (Lipinski definition) is 3. The highest BCUT2D eigenvalue weighted by atomic mass is 79.9. The van der Waals surface area contributed by atoms with Crippen LogP contribution in [0.1, 0.15) is 36.0 Å². The predicted octanol–water partition coefficient (Wildman–Crippen LogP) is 2.61. The summed E-state index contributed by atoms with van der Waals surface area (Å²) in [6.07, 6.45) is 4.70. The Morgan fingerprint density at radius 1 is 1.41 bits per heavy atom. The second kappa shape index (κ2) is 6.22. The monoisotopic (exact) mass is 363 g/mol. The molecule has 2 unspecified atom stereocenters. The van der Waals surface area contributed by atoms with Crippen molar-refractivity contribution in [2.75, 3.05) is 5.73 Å². The Bertz CT molecular complexity index is 720. The molecule has 22 heavy (non-hydrogen) atoms. The van der Waals surface area contributed by atoms with E-state index in [1.54, 1.807) is 12.3 Å². The fourth-order valence-electron chi connectivity index (χ4n) is 2.94. The van der Waals surface area contributed by atoms with Crippen LogP contribution in [0, 0.1) is 0 Å². The molecule has 0 aliphatic heterocycles. The number of nitrogens with zero attached hydrogens (tertiary/aromatic N) is 1. The van der Waals surface area contributed by atoms with Gasteiger partial charge in [-0.15, -0.1) is 0 Å². The Kier molecular flexibility index (Phi) is 4.31. The van der Waals surface area contributed by atoms with Crippen LogP contribution in [0.4, 0.5) is 5.69 Å². The third-order valence-corrected chi connectivity index (χ3v) is 4.83. The Labute approximate surface area is 137 Å². The van der Waals surface area contributed by atoms with Crippen molar-refractivity contribution < 1.29 is 9.90 Å². The summed E-state index contributed by atoms with van der Waals surface area (Å²) in [5.74, 6) is -0.267. The molecule has 3 rings (SSSR count). The maximum Gasteiger partial charge on any atom is 0.253 e. The van der Waals surface area contributed by atoms with E-state index in [1.165, 1.54) is 0 Å². The van der Waals surface area contributed by atoms with Crippen LogP contribution in [-0.2, 0) is 0 Å². The summed E-state index contributed by atoms with van der Waals surface area (Å²) in [6.45, 7) is 0. The van der Waals surface area contributed by atoms with E-state index in [1.807, 2.05) is 12.1 Å². The molecule has 6 heteroatoms. The highest BCUT2D eigenvalue weighted by Crippen LogP contribution is 2.30. The van der Waals surface area contributed by atoms with Crippen LogP contribution in [0.3, 0.4) is 0 Å². The molecule has 2 atom stereocenters. The fraction of sp³-hybridized carbons (Fsp3) is 0.375. The Morgan fingerprint density at radius 2 is 2.18 bits per heavy atom. The van der Waals surface area contributed by atoms with Gasteiger partial charge in [0.15, 0.2) is 0 Å². The average molecular weight is 364 g/mol. The first kappa shape index (κ1) is 15.2. The largest absolute Gasteiger partial charge is 0.396 e. The Balaban J connectivity index is 1.92. The van der Waals surface area contributed by atoms with Crippen molar-refractivity contribution in [3.05, 3.63) is 34.4 Å². The number of nitrogens with one attached hydrogen (secondary N) is 1. The van der Waals surface area contributed by atoms with Gasteiger partial charge >= 0.3 is 0 Å². The molecule has 0 spiro atoms. The summed E-state index contributed by atoms with van der Waals surface area (Å²) >= 11 is 3.46. The van der Waals surface area contributed by atoms with Gasteiger partial charge in [-0.2, -0.15) is 0 Å². The van der Waals surface area contributed by atoms with E-state index in [0.717, 1.165) is 35.5 Å². The first-order chi connectivity index (χ1) is 10.6. The number of nitrogens with two attached hydrogens (primary N) is 1. The lowest BCUT2D eigenvalue weighted by atomic mass is 9.92. The van der Waals surface area contributed by atoms with Crippen molar-refractivity contribution in [3.8, 4) is 0 Å². The van der Waals surface area contributed by atoms with Crippen molar-refractivity contribution in [2.24, 2.45) is 0 Å². The first-order valence-electron chi connectivity index (χ1n) is 7.39. The molecule has 1 fully saturated rings. The molecule has 0 saturated heterocycles. The number of aromatic nitrogens is 1. The number of aliphatic hydroxyl groups excluding tert-OH is 1. The molecule has 1 aromatic carbocycles. The van der Waals surface area contributed by atoms with E-state index in [9.17, 15) is 9.90 Å². The van der Waals surface area contributed by atoms with Crippen LogP contribution in [-0.4, -0.2) is 28.1 Å². The minimum absolute atomic E-state index is 0.209. The summed E-state index contributed by atoms with van der Waals surface area (Å²) < 4.78 is 0.777. The molecule has 5 nitrogen and oxygen atoms in total. The molecular formula is C16H18BrN3O2. The van der Waals surface area contributed by atoms with E-state index in [0.29, 0.717) is 16.8 Å². The van der Waals surface area contributed by atoms with Crippen LogP contribution in [0.5, 0.6) is 0 Å². The second-order valence-corrected chi connectivity index (χ2v) is 6.51. The number of aliphatic hydroxyl groups is 1. The molecule has 1 aromatic heterocycles. The van der Waals surface area contributed by atoms with Crippen LogP contribution in [0.2, 0.25) is 0 Å². The molecule has 0 bridgehead atoms. The molecule has 1 aliphatic carbocycles. The quantitative estimate of drug-likeness (QED) is 0.715. The summed E-state index contributed by atoms with van der Waals surface area (Å²) in [4.78, 5) is 16.8. The van der Waals surface area contributed by atoms with E-state index in [2.05, 4.69) is 26.2 Å². The SMILES string of the molecule is Nc1c(C(=O)NC2CCCCC2O)cc(Br)c2cccnc12. The zero-order valence-electron chi connectivity index (χ0n) is 12.1. The topological polar surface area (TPSA) is 88.2 Å². The van der Waals surface area contributed by atoms with Crippen molar-refractivity contribution in [1.82, 2.24) is 10.3 Å². The Morgan fingerprint density at radius 3 is 2.95 bits per heavy atom. The smallest absolute Gasteiger partial charge is 0.253 e. The predicted molar refractivity (Wildman–Crippen MR) is 89.6 cm³/mol. The van der Waals surface area contributed by atoms with Gasteiger partial charge in [-0.1, -0.05) is 34.8 Å². The summed E-state index contributed by atoms with van der Waals surface area (Å²) in [7, 11) is 0. The van der Waals surface area contributed by atoms with Crippen molar-refractivity contribution in [1.29, 1.82) is 0 Å². The molecule has 1 amide bonds. The van der Waals surface area contributed by atoms with E-state index in [-0.39, 0.29) is 11.9 Å². The number of rotatable bonds is 2. The number of amides is 1. The van der Waals surface area contributed by atoms with Gasteiger partial charge < -0.3 is 16.2 Å². The van der Waals surface area contributed by atoms with Crippen LogP contribution in [0.15, 0.2) is 28.9 Å². The number of fused-ring (bicyclic) bond motifs is 1. The highest BCUT2D eigenvalue weighted by Gasteiger charge is 2.26. The minimum Gasteiger partial charge on any atom is -0.396 e. The summed E-state index contributed by atoms with van der Waals surface area (Å²) in [6, 6.07) is 5.23. The third kappa shape index (κ3) is 2.80. The number of hydrogen-bond acceptors (Lipinski definition) is 4. The van der Waals surface area contributed by atoms with E-state index < -0.39 is 6.10 Å². The lowest BCUT2D eigenvalue weighted by Gasteiger charge is -2.28. The normalized spacial score (nSPS) is 21.7. The average Bonchev–Trinajstić information content (AvgIpc) is 2.53. The van der Waals surface area contributed by atoms with Gasteiger partial charge in [-0.05, 0) is 25.0 Å². The van der Waals surface area contributed by atoms with Gasteiger partial charge in [0.2, 0.25) is 0 Å². The number of anilines is 1. The van der Waals surface area contributed by atoms with E-state index in [4.69, 9.17) is 5.73 Å². The van der Waals surface area contributed by atoms with Crippen LogP contribution in [0.25, 0.3) is 10.9 Å². The third-order valence-electron chi connectivity index (χ3n) is 4.17. The lowest BCUT2D eigenvalue weighted by Crippen LogP contribution is -2.45. The number of carbonyl (C=O) groups excluding carboxylic acids is 1. The van der Waals surface area contributed by atoms with Gasteiger partial charge in [0, 0.05) is 16.1 Å². The van der Waals surface area contributed by atoms with Gasteiger partial charge in [0.1, 0.15) is 0 Å².